The molecule has 0 radical (unpaired) electrons. The lowest BCUT2D eigenvalue weighted by atomic mass is 10.1. The molecular formula is C16H20N2O3. The van der Waals surface area contributed by atoms with Crippen LogP contribution >= 0.6 is 0 Å². The number of methoxy groups -OCH3 is 1. The van der Waals surface area contributed by atoms with Crippen molar-refractivity contribution >= 4 is 0 Å². The van der Waals surface area contributed by atoms with Gasteiger partial charge < -0.3 is 20.3 Å². The zero-order chi connectivity index (χ0) is 15.2. The summed E-state index contributed by atoms with van der Waals surface area (Å²) in [6.45, 7) is 2.84. The maximum absolute atomic E-state index is 9.94. The Labute approximate surface area is 124 Å². The minimum Gasteiger partial charge on any atom is -0.506 e. The van der Waals surface area contributed by atoms with Gasteiger partial charge in [0.05, 0.1) is 26.0 Å². The number of aromatic hydroxyl groups is 1. The number of benzene rings is 1. The fraction of sp³-hybridized carbons (Fsp3) is 0.312. The molecule has 0 atom stereocenters. The Morgan fingerprint density at radius 2 is 1.90 bits per heavy atom. The molecule has 0 saturated heterocycles. The smallest absolute Gasteiger partial charge is 0.141 e. The number of pyridine rings is 1. The van der Waals surface area contributed by atoms with Crippen molar-refractivity contribution in [2.75, 3.05) is 7.11 Å². The van der Waals surface area contributed by atoms with Gasteiger partial charge in [0.1, 0.15) is 11.5 Å². The van der Waals surface area contributed by atoms with Gasteiger partial charge in [-0.25, -0.2) is 0 Å². The van der Waals surface area contributed by atoms with Crippen molar-refractivity contribution in [2.24, 2.45) is 5.73 Å². The number of nitrogens with zero attached hydrogens (tertiary/aromatic N) is 1. The van der Waals surface area contributed by atoms with Gasteiger partial charge in [-0.3, -0.25) is 4.98 Å². The van der Waals surface area contributed by atoms with Gasteiger partial charge in [-0.15, -0.1) is 0 Å². The molecule has 0 unspecified atom stereocenters. The highest BCUT2D eigenvalue weighted by Crippen LogP contribution is 2.24. The third-order valence-electron chi connectivity index (χ3n) is 3.32. The van der Waals surface area contributed by atoms with Crippen LogP contribution in [0.5, 0.6) is 11.5 Å². The van der Waals surface area contributed by atoms with E-state index >= 15 is 0 Å². The molecule has 0 spiro atoms. The quantitative estimate of drug-likeness (QED) is 0.852. The Morgan fingerprint density at radius 1 is 1.19 bits per heavy atom. The second kappa shape index (κ2) is 7.06. The Morgan fingerprint density at radius 3 is 2.52 bits per heavy atom. The molecule has 3 N–H and O–H groups in total. The van der Waals surface area contributed by atoms with Gasteiger partial charge in [-0.2, -0.15) is 0 Å². The standard InChI is InChI=1S/C16H20N2O3/c1-11-16(19)15(7-17)13(8-18-11)10-21-9-12-3-5-14(20-2)6-4-12/h3-6,8,19H,7,9-10,17H2,1-2H3. The first-order chi connectivity index (χ1) is 10.2. The zero-order valence-corrected chi connectivity index (χ0v) is 12.3. The maximum atomic E-state index is 9.94. The van der Waals surface area contributed by atoms with Crippen LogP contribution in [0.15, 0.2) is 30.5 Å². The Balaban J connectivity index is 1.98. The number of nitrogens with two attached hydrogens (primary N) is 1. The van der Waals surface area contributed by atoms with Crippen LogP contribution in [0.3, 0.4) is 0 Å². The summed E-state index contributed by atoms with van der Waals surface area (Å²) in [6.07, 6.45) is 1.70. The summed E-state index contributed by atoms with van der Waals surface area (Å²) < 4.78 is 10.8. The number of hydrogen-bond donors (Lipinski definition) is 2. The van der Waals surface area contributed by atoms with Crippen LogP contribution in [0.1, 0.15) is 22.4 Å². The van der Waals surface area contributed by atoms with Crippen LogP contribution in [0.25, 0.3) is 0 Å². The van der Waals surface area contributed by atoms with E-state index in [-0.39, 0.29) is 12.3 Å². The largest absolute Gasteiger partial charge is 0.506 e. The SMILES string of the molecule is COc1ccc(COCc2cnc(C)c(O)c2CN)cc1. The highest BCUT2D eigenvalue weighted by molar-refractivity contribution is 5.40. The van der Waals surface area contributed by atoms with Crippen molar-refractivity contribution in [3.8, 4) is 11.5 Å². The minimum absolute atomic E-state index is 0.156. The predicted octanol–water partition coefficient (Wildman–Crippen LogP) is 2.28. The molecule has 21 heavy (non-hydrogen) atoms. The van der Waals surface area contributed by atoms with E-state index in [0.29, 0.717) is 24.5 Å². The van der Waals surface area contributed by atoms with Gasteiger partial charge >= 0.3 is 0 Å². The summed E-state index contributed by atoms with van der Waals surface area (Å²) in [5, 5.41) is 9.94. The lowest BCUT2D eigenvalue weighted by Gasteiger charge is -2.12. The Bertz CT molecular complexity index is 597. The average Bonchev–Trinajstić information content (AvgIpc) is 2.51. The minimum atomic E-state index is 0.156. The Hall–Kier alpha value is -2.11. The third kappa shape index (κ3) is 3.71. The molecule has 0 saturated carbocycles. The van der Waals surface area contributed by atoms with Crippen LogP contribution in [-0.2, 0) is 24.5 Å². The molecule has 0 aliphatic carbocycles. The lowest BCUT2D eigenvalue weighted by molar-refractivity contribution is 0.106. The summed E-state index contributed by atoms with van der Waals surface area (Å²) >= 11 is 0. The highest BCUT2D eigenvalue weighted by atomic mass is 16.5. The molecule has 0 aliphatic rings. The van der Waals surface area contributed by atoms with Crippen molar-refractivity contribution in [2.45, 2.75) is 26.7 Å². The van der Waals surface area contributed by atoms with Crippen molar-refractivity contribution in [1.82, 2.24) is 4.98 Å². The van der Waals surface area contributed by atoms with E-state index in [9.17, 15) is 5.11 Å². The number of hydrogen-bond acceptors (Lipinski definition) is 5. The fourth-order valence-corrected chi connectivity index (χ4v) is 2.04. The molecule has 2 rings (SSSR count). The van der Waals surface area contributed by atoms with Gasteiger partial charge in [-0.1, -0.05) is 12.1 Å². The summed E-state index contributed by atoms with van der Waals surface area (Å²) in [7, 11) is 1.64. The van der Waals surface area contributed by atoms with E-state index < -0.39 is 0 Å². The van der Waals surface area contributed by atoms with E-state index in [2.05, 4.69) is 4.98 Å². The summed E-state index contributed by atoms with van der Waals surface area (Å²) in [5.74, 6) is 0.972. The predicted molar refractivity (Wildman–Crippen MR) is 80.0 cm³/mol. The van der Waals surface area contributed by atoms with Gasteiger partial charge in [0.25, 0.3) is 0 Å². The van der Waals surface area contributed by atoms with E-state index in [1.807, 2.05) is 24.3 Å². The summed E-state index contributed by atoms with van der Waals surface area (Å²) in [6, 6.07) is 7.69. The van der Waals surface area contributed by atoms with Crippen LogP contribution in [-0.4, -0.2) is 17.2 Å². The fourth-order valence-electron chi connectivity index (χ4n) is 2.04. The normalized spacial score (nSPS) is 10.6. The summed E-state index contributed by atoms with van der Waals surface area (Å²) in [4.78, 5) is 4.13. The Kier molecular flexibility index (Phi) is 5.14. The lowest BCUT2D eigenvalue weighted by Crippen LogP contribution is -2.06. The topological polar surface area (TPSA) is 77.6 Å². The number of aromatic nitrogens is 1. The molecule has 1 aromatic heterocycles. The van der Waals surface area contributed by atoms with E-state index in [1.165, 1.54) is 0 Å². The molecule has 0 aliphatic heterocycles. The molecule has 5 heteroatoms. The molecular weight excluding hydrogens is 268 g/mol. The van der Waals surface area contributed by atoms with Crippen molar-refractivity contribution < 1.29 is 14.6 Å². The molecule has 112 valence electrons. The van der Waals surface area contributed by atoms with Gasteiger partial charge in [0.15, 0.2) is 0 Å². The third-order valence-corrected chi connectivity index (χ3v) is 3.32. The number of ether oxygens (including phenoxy) is 2. The van der Waals surface area contributed by atoms with Crippen molar-refractivity contribution in [3.05, 3.63) is 52.8 Å². The second-order valence-corrected chi connectivity index (χ2v) is 4.74. The molecule has 5 nitrogen and oxygen atoms in total. The van der Waals surface area contributed by atoms with Crippen LogP contribution in [0.4, 0.5) is 0 Å². The number of rotatable bonds is 6. The monoisotopic (exact) mass is 288 g/mol. The van der Waals surface area contributed by atoms with Crippen molar-refractivity contribution in [3.63, 3.8) is 0 Å². The van der Waals surface area contributed by atoms with E-state index in [1.54, 1.807) is 20.2 Å². The molecule has 0 fully saturated rings. The molecule has 1 aromatic carbocycles. The van der Waals surface area contributed by atoms with Gasteiger partial charge in [-0.05, 0) is 24.6 Å². The van der Waals surface area contributed by atoms with Crippen LogP contribution in [0, 0.1) is 6.92 Å². The van der Waals surface area contributed by atoms with Gasteiger partial charge in [0.2, 0.25) is 0 Å². The molecule has 0 amide bonds. The van der Waals surface area contributed by atoms with E-state index in [4.69, 9.17) is 15.2 Å². The average molecular weight is 288 g/mol. The van der Waals surface area contributed by atoms with Crippen LogP contribution < -0.4 is 10.5 Å². The highest BCUT2D eigenvalue weighted by Gasteiger charge is 2.10. The van der Waals surface area contributed by atoms with Crippen molar-refractivity contribution in [1.29, 1.82) is 0 Å². The second-order valence-electron chi connectivity index (χ2n) is 4.74. The molecule has 2 aromatic rings. The van der Waals surface area contributed by atoms with Crippen LogP contribution in [0.2, 0.25) is 0 Å². The zero-order valence-electron chi connectivity index (χ0n) is 12.3. The van der Waals surface area contributed by atoms with E-state index in [0.717, 1.165) is 16.9 Å². The van der Waals surface area contributed by atoms with Gasteiger partial charge in [0, 0.05) is 23.9 Å². The number of aryl methyl sites for hydroxylation is 1. The molecule has 1 heterocycles. The molecule has 0 bridgehead atoms. The first kappa shape index (κ1) is 15.3. The first-order valence-electron chi connectivity index (χ1n) is 6.72. The first-order valence-corrected chi connectivity index (χ1v) is 6.72. The summed E-state index contributed by atoms with van der Waals surface area (Å²) in [5.41, 5.74) is 8.81. The maximum Gasteiger partial charge on any atom is 0.141 e.